The van der Waals surface area contributed by atoms with Crippen LogP contribution >= 0.6 is 15.9 Å². The fourth-order valence-corrected chi connectivity index (χ4v) is 4.42. The maximum Gasteiger partial charge on any atom is 0.311 e. The summed E-state index contributed by atoms with van der Waals surface area (Å²) >= 11 is 3.57. The second-order valence-corrected chi connectivity index (χ2v) is 9.66. The van der Waals surface area contributed by atoms with E-state index in [0.717, 1.165) is 40.0 Å². The molecule has 0 amide bonds. The number of halogens is 1. The van der Waals surface area contributed by atoms with Gasteiger partial charge in [0.15, 0.2) is 0 Å². The molecule has 0 aliphatic rings. The molecule has 2 aromatic heterocycles. The number of ether oxygens (including phenoxy) is 1. The molecule has 0 spiro atoms. The quantitative estimate of drug-likeness (QED) is 0.114. The van der Waals surface area contributed by atoms with E-state index in [-0.39, 0.29) is 5.97 Å². The fraction of sp³-hybridized carbons (Fsp3) is 0.310. The van der Waals surface area contributed by atoms with E-state index in [4.69, 9.17) is 9.72 Å². The lowest BCUT2D eigenvalue weighted by atomic mass is 10.1. The molecule has 6 heteroatoms. The first kappa shape index (κ1) is 25.0. The van der Waals surface area contributed by atoms with Gasteiger partial charge in [-0.2, -0.15) is 0 Å². The van der Waals surface area contributed by atoms with Crippen molar-refractivity contribution in [3.8, 4) is 17.0 Å². The summed E-state index contributed by atoms with van der Waals surface area (Å²) in [6.07, 6.45) is 9.37. The lowest BCUT2D eigenvalue weighted by Crippen LogP contribution is -2.07. The predicted octanol–water partition coefficient (Wildman–Crippen LogP) is 8.03. The molecular weight excluding hydrogens is 502 g/mol. The normalized spacial score (nSPS) is 11.0. The van der Waals surface area contributed by atoms with E-state index < -0.39 is 0 Å². The Morgan fingerprint density at radius 3 is 2.46 bits per heavy atom. The molecule has 182 valence electrons. The van der Waals surface area contributed by atoms with Crippen LogP contribution in [0, 0.1) is 0 Å². The van der Waals surface area contributed by atoms with Crippen molar-refractivity contribution in [3.63, 3.8) is 0 Å². The molecule has 1 N–H and O–H groups in total. The Morgan fingerprint density at radius 1 is 0.943 bits per heavy atom. The summed E-state index contributed by atoms with van der Waals surface area (Å²) in [5.74, 6) is 1.31. The number of imidazole rings is 1. The third-order valence-electron chi connectivity index (χ3n) is 5.98. The van der Waals surface area contributed by atoms with Gasteiger partial charge in [-0.25, -0.2) is 4.98 Å². The number of aromatic nitrogens is 2. The monoisotopic (exact) mass is 533 g/mol. The maximum atomic E-state index is 12.2. The van der Waals surface area contributed by atoms with Crippen LogP contribution in [0.15, 0.2) is 77.4 Å². The zero-order chi connectivity index (χ0) is 24.5. The van der Waals surface area contributed by atoms with Crippen molar-refractivity contribution in [2.45, 2.75) is 58.4 Å². The summed E-state index contributed by atoms with van der Waals surface area (Å²) in [5.41, 5.74) is 3.85. The molecule has 0 unspecified atom stereocenters. The Kier molecular flexibility index (Phi) is 8.96. The number of rotatable bonds is 12. The fourth-order valence-electron chi connectivity index (χ4n) is 4.08. The van der Waals surface area contributed by atoms with E-state index in [0.29, 0.717) is 18.7 Å². The molecule has 0 atom stereocenters. The molecule has 4 rings (SSSR count). The molecule has 5 nitrogen and oxygen atoms in total. The molecule has 2 aromatic carbocycles. The molecule has 0 fully saturated rings. The molecular formula is C29H32BrN3O2. The van der Waals surface area contributed by atoms with Crippen LogP contribution in [-0.4, -0.2) is 15.4 Å². The van der Waals surface area contributed by atoms with Crippen LogP contribution < -0.4 is 10.1 Å². The van der Waals surface area contributed by atoms with Crippen molar-refractivity contribution < 1.29 is 9.53 Å². The first-order valence-corrected chi connectivity index (χ1v) is 13.2. The van der Waals surface area contributed by atoms with Gasteiger partial charge in [-0.05, 0) is 64.3 Å². The highest BCUT2D eigenvalue weighted by Gasteiger charge is 2.15. The van der Waals surface area contributed by atoms with Crippen molar-refractivity contribution in [1.82, 2.24) is 9.38 Å². The van der Waals surface area contributed by atoms with Crippen LogP contribution in [0.25, 0.3) is 16.9 Å². The average molecular weight is 534 g/mol. The highest BCUT2D eigenvalue weighted by Crippen LogP contribution is 2.31. The van der Waals surface area contributed by atoms with E-state index in [1.165, 1.54) is 31.2 Å². The summed E-state index contributed by atoms with van der Waals surface area (Å²) in [6.45, 7) is 2.89. The minimum atomic E-state index is -0.170. The van der Waals surface area contributed by atoms with Gasteiger partial charge < -0.3 is 10.1 Å². The molecule has 0 aliphatic heterocycles. The largest absolute Gasteiger partial charge is 0.427 e. The highest BCUT2D eigenvalue weighted by molar-refractivity contribution is 9.10. The van der Waals surface area contributed by atoms with Crippen LogP contribution in [0.2, 0.25) is 0 Å². The number of hydrogen-bond donors (Lipinski definition) is 1. The van der Waals surface area contributed by atoms with Gasteiger partial charge in [0, 0.05) is 29.2 Å². The van der Waals surface area contributed by atoms with Gasteiger partial charge in [0.1, 0.15) is 22.9 Å². The predicted molar refractivity (Wildman–Crippen MR) is 146 cm³/mol. The number of fused-ring (bicyclic) bond motifs is 1. The smallest absolute Gasteiger partial charge is 0.311 e. The number of esters is 1. The van der Waals surface area contributed by atoms with Gasteiger partial charge in [0.05, 0.1) is 0 Å². The van der Waals surface area contributed by atoms with Crippen LogP contribution in [-0.2, 0) is 11.3 Å². The molecule has 0 saturated heterocycles. The lowest BCUT2D eigenvalue weighted by molar-refractivity contribution is -0.134. The number of carbonyl (C=O) groups excluding carboxylic acids is 1. The summed E-state index contributed by atoms with van der Waals surface area (Å²) in [5, 5.41) is 3.56. The van der Waals surface area contributed by atoms with Crippen molar-refractivity contribution in [2.24, 2.45) is 0 Å². The number of anilines is 1. The zero-order valence-electron chi connectivity index (χ0n) is 20.2. The average Bonchev–Trinajstić information content (AvgIpc) is 3.23. The number of benzene rings is 2. The van der Waals surface area contributed by atoms with Crippen molar-refractivity contribution in [1.29, 1.82) is 0 Å². The standard InChI is InChI=1S/C29H32BrN3O2/c1-2-3-4-5-6-10-13-27(34)35-25-17-14-23(15-18-25)28-29(31-20-22-11-8-7-9-12-22)33-21-24(30)16-19-26(33)32-28/h7-9,11-12,14-19,21,31H,2-6,10,13,20H2,1H3. The van der Waals surface area contributed by atoms with E-state index in [9.17, 15) is 4.79 Å². The van der Waals surface area contributed by atoms with E-state index >= 15 is 0 Å². The topological polar surface area (TPSA) is 55.6 Å². The van der Waals surface area contributed by atoms with Crippen molar-refractivity contribution >= 4 is 33.4 Å². The molecule has 0 aliphatic carbocycles. The van der Waals surface area contributed by atoms with E-state index in [2.05, 4.69) is 44.7 Å². The minimum Gasteiger partial charge on any atom is -0.427 e. The van der Waals surface area contributed by atoms with Gasteiger partial charge in [-0.15, -0.1) is 0 Å². The Morgan fingerprint density at radius 2 is 1.69 bits per heavy atom. The van der Waals surface area contributed by atoms with E-state index in [1.54, 1.807) is 0 Å². The van der Waals surface area contributed by atoms with E-state index in [1.807, 2.05) is 60.8 Å². The summed E-state index contributed by atoms with van der Waals surface area (Å²) < 4.78 is 8.59. The number of pyridine rings is 1. The number of nitrogens with zero attached hydrogens (tertiary/aromatic N) is 2. The number of hydrogen-bond acceptors (Lipinski definition) is 4. The molecule has 4 aromatic rings. The zero-order valence-corrected chi connectivity index (χ0v) is 21.8. The van der Waals surface area contributed by atoms with Gasteiger partial charge in [0.25, 0.3) is 0 Å². The third kappa shape index (κ3) is 6.95. The van der Waals surface area contributed by atoms with Crippen molar-refractivity contribution in [2.75, 3.05) is 5.32 Å². The van der Waals surface area contributed by atoms with Crippen LogP contribution in [0.1, 0.15) is 57.4 Å². The molecule has 0 bridgehead atoms. The number of carbonyl (C=O) groups is 1. The van der Waals surface area contributed by atoms with Gasteiger partial charge in [-0.3, -0.25) is 9.20 Å². The summed E-state index contributed by atoms with van der Waals surface area (Å²) in [4.78, 5) is 17.1. The highest BCUT2D eigenvalue weighted by atomic mass is 79.9. The molecule has 35 heavy (non-hydrogen) atoms. The molecule has 0 radical (unpaired) electrons. The maximum absolute atomic E-state index is 12.2. The van der Waals surface area contributed by atoms with Gasteiger partial charge in [0.2, 0.25) is 0 Å². The summed E-state index contributed by atoms with van der Waals surface area (Å²) in [6, 6.07) is 21.9. The Balaban J connectivity index is 1.45. The Bertz CT molecular complexity index is 1240. The van der Waals surface area contributed by atoms with Crippen LogP contribution in [0.5, 0.6) is 5.75 Å². The Labute approximate surface area is 215 Å². The number of nitrogens with one attached hydrogen (secondary N) is 1. The van der Waals surface area contributed by atoms with Gasteiger partial charge in [-0.1, -0.05) is 69.4 Å². The summed E-state index contributed by atoms with van der Waals surface area (Å²) in [7, 11) is 0. The third-order valence-corrected chi connectivity index (χ3v) is 6.45. The lowest BCUT2D eigenvalue weighted by Gasteiger charge is -2.10. The molecule has 2 heterocycles. The Hall–Kier alpha value is -3.12. The minimum absolute atomic E-state index is 0.170. The SMILES string of the molecule is CCCCCCCCC(=O)Oc1ccc(-c2nc3ccc(Br)cn3c2NCc2ccccc2)cc1. The van der Waals surface area contributed by atoms with Crippen molar-refractivity contribution in [3.05, 3.63) is 83.0 Å². The first-order chi connectivity index (χ1) is 17.1. The second kappa shape index (κ2) is 12.5. The number of unbranched alkanes of at least 4 members (excludes halogenated alkanes) is 5. The van der Waals surface area contributed by atoms with Crippen LogP contribution in [0.4, 0.5) is 5.82 Å². The second-order valence-electron chi connectivity index (χ2n) is 8.74. The van der Waals surface area contributed by atoms with Crippen LogP contribution in [0.3, 0.4) is 0 Å². The molecule has 0 saturated carbocycles. The van der Waals surface area contributed by atoms with Gasteiger partial charge >= 0.3 is 5.97 Å². The first-order valence-electron chi connectivity index (χ1n) is 12.4.